The highest BCUT2D eigenvalue weighted by molar-refractivity contribution is 5.95. The summed E-state index contributed by atoms with van der Waals surface area (Å²) in [6.45, 7) is 4.98. The Morgan fingerprint density at radius 3 is 2.76 bits per heavy atom. The molecule has 0 saturated carbocycles. The van der Waals surface area contributed by atoms with Crippen molar-refractivity contribution in [3.05, 3.63) is 34.4 Å². The van der Waals surface area contributed by atoms with Crippen LogP contribution in [-0.2, 0) is 0 Å². The molecule has 0 radical (unpaired) electrons. The van der Waals surface area contributed by atoms with Gasteiger partial charge in [-0.1, -0.05) is 6.07 Å². The average molecular weight is 236 g/mol. The number of non-ortho nitro benzene ring substituents is 1. The normalized spacial score (nSPS) is 11.3. The molecule has 92 valence electrons. The summed E-state index contributed by atoms with van der Waals surface area (Å²) < 4.78 is 0. The predicted molar refractivity (Wildman–Crippen MR) is 68.3 cm³/mol. The van der Waals surface area contributed by atoms with E-state index in [0.717, 1.165) is 0 Å². The van der Waals surface area contributed by atoms with E-state index in [1.165, 1.54) is 12.1 Å². The third-order valence-electron chi connectivity index (χ3n) is 2.27. The SMILES string of the molecule is CCN=C(N)N(CC)c1cccc([N+](=O)[O-])c1. The Morgan fingerprint density at radius 1 is 1.53 bits per heavy atom. The topological polar surface area (TPSA) is 84.8 Å². The molecule has 0 amide bonds. The maximum absolute atomic E-state index is 10.7. The first-order chi connectivity index (χ1) is 8.10. The van der Waals surface area contributed by atoms with Gasteiger partial charge in [0.15, 0.2) is 5.96 Å². The number of anilines is 1. The van der Waals surface area contributed by atoms with Crippen molar-refractivity contribution in [1.82, 2.24) is 0 Å². The summed E-state index contributed by atoms with van der Waals surface area (Å²) in [5.74, 6) is 0.371. The Labute approximate surface area is 99.9 Å². The lowest BCUT2D eigenvalue weighted by Crippen LogP contribution is -2.37. The first-order valence-electron chi connectivity index (χ1n) is 5.42. The molecule has 1 aromatic carbocycles. The summed E-state index contributed by atoms with van der Waals surface area (Å²) in [5.41, 5.74) is 6.53. The molecule has 0 heterocycles. The van der Waals surface area contributed by atoms with Crippen LogP contribution in [0, 0.1) is 10.1 Å². The van der Waals surface area contributed by atoms with Crippen LogP contribution in [0.2, 0.25) is 0 Å². The van der Waals surface area contributed by atoms with Crippen molar-refractivity contribution in [3.8, 4) is 0 Å². The predicted octanol–water partition coefficient (Wildman–Crippen LogP) is 1.76. The Bertz CT molecular complexity index is 431. The molecule has 0 unspecified atom stereocenters. The van der Waals surface area contributed by atoms with Gasteiger partial charge in [0.1, 0.15) is 0 Å². The maximum Gasteiger partial charge on any atom is 0.271 e. The number of nitro benzene ring substituents is 1. The van der Waals surface area contributed by atoms with Gasteiger partial charge >= 0.3 is 0 Å². The first-order valence-corrected chi connectivity index (χ1v) is 5.42. The van der Waals surface area contributed by atoms with Crippen LogP contribution in [0.3, 0.4) is 0 Å². The van der Waals surface area contributed by atoms with E-state index in [4.69, 9.17) is 5.73 Å². The van der Waals surface area contributed by atoms with Gasteiger partial charge < -0.3 is 10.6 Å². The molecule has 0 atom stereocenters. The summed E-state index contributed by atoms with van der Waals surface area (Å²) in [5, 5.41) is 10.7. The molecule has 0 aromatic heterocycles. The zero-order valence-corrected chi connectivity index (χ0v) is 9.96. The van der Waals surface area contributed by atoms with Gasteiger partial charge in [-0.05, 0) is 19.9 Å². The number of benzene rings is 1. The van der Waals surface area contributed by atoms with Crippen molar-refractivity contribution < 1.29 is 4.92 Å². The van der Waals surface area contributed by atoms with Gasteiger partial charge in [0.25, 0.3) is 5.69 Å². The second kappa shape index (κ2) is 5.83. The smallest absolute Gasteiger partial charge is 0.271 e. The summed E-state index contributed by atoms with van der Waals surface area (Å²) >= 11 is 0. The van der Waals surface area contributed by atoms with Gasteiger partial charge in [0, 0.05) is 25.2 Å². The number of nitro groups is 1. The van der Waals surface area contributed by atoms with Crippen LogP contribution in [0.15, 0.2) is 29.3 Å². The fourth-order valence-corrected chi connectivity index (χ4v) is 1.50. The number of guanidine groups is 1. The van der Waals surface area contributed by atoms with Crippen molar-refractivity contribution in [2.75, 3.05) is 18.0 Å². The zero-order chi connectivity index (χ0) is 12.8. The van der Waals surface area contributed by atoms with Gasteiger partial charge in [-0.15, -0.1) is 0 Å². The summed E-state index contributed by atoms with van der Waals surface area (Å²) in [7, 11) is 0. The molecule has 0 aliphatic rings. The van der Waals surface area contributed by atoms with E-state index in [1.807, 2.05) is 13.8 Å². The third kappa shape index (κ3) is 3.17. The molecule has 0 saturated heterocycles. The molecule has 0 fully saturated rings. The molecule has 0 aliphatic heterocycles. The molecule has 6 nitrogen and oxygen atoms in total. The number of hydrogen-bond acceptors (Lipinski definition) is 3. The van der Waals surface area contributed by atoms with Crippen molar-refractivity contribution in [3.63, 3.8) is 0 Å². The van der Waals surface area contributed by atoms with Crippen molar-refractivity contribution in [2.45, 2.75) is 13.8 Å². The van der Waals surface area contributed by atoms with Crippen LogP contribution < -0.4 is 10.6 Å². The van der Waals surface area contributed by atoms with E-state index in [0.29, 0.717) is 24.7 Å². The van der Waals surface area contributed by atoms with E-state index in [9.17, 15) is 10.1 Å². The number of nitrogens with zero attached hydrogens (tertiary/aromatic N) is 3. The number of rotatable bonds is 4. The summed E-state index contributed by atoms with van der Waals surface area (Å²) in [4.78, 5) is 16.1. The molecule has 0 spiro atoms. The number of hydrogen-bond donors (Lipinski definition) is 1. The molecule has 2 N–H and O–H groups in total. The summed E-state index contributed by atoms with van der Waals surface area (Å²) in [6.07, 6.45) is 0. The number of aliphatic imine (C=N–C) groups is 1. The van der Waals surface area contributed by atoms with E-state index >= 15 is 0 Å². The van der Waals surface area contributed by atoms with Gasteiger partial charge in [0.05, 0.1) is 10.6 Å². The standard InChI is InChI=1S/C11H16N4O2/c1-3-13-11(12)14(4-2)9-6-5-7-10(8-9)15(16)17/h5-8H,3-4H2,1-2H3,(H2,12,13). The van der Waals surface area contributed by atoms with Gasteiger partial charge in [0.2, 0.25) is 0 Å². The summed E-state index contributed by atoms with van der Waals surface area (Å²) in [6, 6.07) is 6.34. The molecule has 1 rings (SSSR count). The minimum atomic E-state index is -0.426. The monoisotopic (exact) mass is 236 g/mol. The zero-order valence-electron chi connectivity index (χ0n) is 9.96. The maximum atomic E-state index is 10.7. The second-order valence-corrected chi connectivity index (χ2v) is 3.35. The Kier molecular flexibility index (Phi) is 4.45. The van der Waals surface area contributed by atoms with Crippen LogP contribution in [0.4, 0.5) is 11.4 Å². The molecule has 17 heavy (non-hydrogen) atoms. The second-order valence-electron chi connectivity index (χ2n) is 3.35. The Balaban J connectivity index is 3.08. The van der Waals surface area contributed by atoms with Gasteiger partial charge in [-0.25, -0.2) is 0 Å². The fraction of sp³-hybridized carbons (Fsp3) is 0.364. The van der Waals surface area contributed by atoms with Gasteiger partial charge in [-0.2, -0.15) is 0 Å². The lowest BCUT2D eigenvalue weighted by molar-refractivity contribution is -0.384. The quantitative estimate of drug-likeness (QED) is 0.373. The highest BCUT2D eigenvalue weighted by atomic mass is 16.6. The van der Waals surface area contributed by atoms with Crippen LogP contribution in [0.1, 0.15) is 13.8 Å². The van der Waals surface area contributed by atoms with Crippen molar-refractivity contribution >= 4 is 17.3 Å². The lowest BCUT2D eigenvalue weighted by Gasteiger charge is -2.21. The Morgan fingerprint density at radius 2 is 2.24 bits per heavy atom. The lowest BCUT2D eigenvalue weighted by atomic mass is 10.2. The van der Waals surface area contributed by atoms with Crippen LogP contribution >= 0.6 is 0 Å². The molecular formula is C11H16N4O2. The van der Waals surface area contributed by atoms with Crippen molar-refractivity contribution in [2.24, 2.45) is 10.7 Å². The minimum Gasteiger partial charge on any atom is -0.370 e. The highest BCUT2D eigenvalue weighted by Gasteiger charge is 2.12. The number of nitrogens with two attached hydrogens (primary N) is 1. The average Bonchev–Trinajstić information content (AvgIpc) is 2.30. The minimum absolute atomic E-state index is 0.0465. The van der Waals surface area contributed by atoms with E-state index in [-0.39, 0.29) is 5.69 Å². The van der Waals surface area contributed by atoms with E-state index < -0.39 is 4.92 Å². The van der Waals surface area contributed by atoms with Crippen LogP contribution in [-0.4, -0.2) is 24.0 Å². The van der Waals surface area contributed by atoms with E-state index in [1.54, 1.807) is 17.0 Å². The largest absolute Gasteiger partial charge is 0.370 e. The molecular weight excluding hydrogens is 220 g/mol. The first kappa shape index (κ1) is 13.0. The van der Waals surface area contributed by atoms with Crippen LogP contribution in [0.25, 0.3) is 0 Å². The van der Waals surface area contributed by atoms with E-state index in [2.05, 4.69) is 4.99 Å². The molecule has 6 heteroatoms. The van der Waals surface area contributed by atoms with Gasteiger partial charge in [-0.3, -0.25) is 15.1 Å². The highest BCUT2D eigenvalue weighted by Crippen LogP contribution is 2.20. The van der Waals surface area contributed by atoms with Crippen LogP contribution in [0.5, 0.6) is 0 Å². The molecule has 0 bridgehead atoms. The third-order valence-corrected chi connectivity index (χ3v) is 2.27. The molecule has 0 aliphatic carbocycles. The Hall–Kier alpha value is -2.11. The fourth-order valence-electron chi connectivity index (χ4n) is 1.50. The van der Waals surface area contributed by atoms with Crippen molar-refractivity contribution in [1.29, 1.82) is 0 Å². The molecule has 1 aromatic rings.